The fourth-order valence-corrected chi connectivity index (χ4v) is 2.27. The first-order chi connectivity index (χ1) is 8.69. The van der Waals surface area contributed by atoms with Crippen LogP contribution in [0.25, 0.3) is 0 Å². The normalized spacial score (nSPS) is 11.1. The van der Waals surface area contributed by atoms with Crippen molar-refractivity contribution in [1.29, 1.82) is 0 Å². The lowest BCUT2D eigenvalue weighted by Crippen LogP contribution is -2.07. The maximum absolute atomic E-state index is 6.36. The molecule has 2 rings (SSSR count). The molecule has 0 bridgehead atoms. The van der Waals surface area contributed by atoms with Gasteiger partial charge in [-0.05, 0) is 13.3 Å². The van der Waals surface area contributed by atoms with Gasteiger partial charge in [-0.15, -0.1) is 0 Å². The number of nitrogens with two attached hydrogens (primary N) is 1. The average molecular weight is 268 g/mol. The molecule has 18 heavy (non-hydrogen) atoms. The molecule has 2 aromatic rings. The Morgan fingerprint density at radius 1 is 1.39 bits per heavy atom. The third-order valence-corrected chi connectivity index (χ3v) is 3.36. The van der Waals surface area contributed by atoms with Crippen LogP contribution in [0.15, 0.2) is 12.5 Å². The fraction of sp³-hybridized carbons (Fsp3) is 0.500. The predicted octanol–water partition coefficient (Wildman–Crippen LogP) is 1.82. The molecule has 0 aliphatic rings. The minimum Gasteiger partial charge on any atom is -0.331 e. The highest BCUT2D eigenvalue weighted by molar-refractivity contribution is 6.31. The van der Waals surface area contributed by atoms with E-state index >= 15 is 0 Å². The highest BCUT2D eigenvalue weighted by Gasteiger charge is 2.14. The Hall–Kier alpha value is -1.33. The Morgan fingerprint density at radius 2 is 2.17 bits per heavy atom. The zero-order valence-corrected chi connectivity index (χ0v) is 11.5. The first-order valence-corrected chi connectivity index (χ1v) is 6.52. The van der Waals surface area contributed by atoms with Gasteiger partial charge in [0.2, 0.25) is 0 Å². The second-order valence-electron chi connectivity index (χ2n) is 4.12. The number of aryl methyl sites for hydroxylation is 2. The van der Waals surface area contributed by atoms with E-state index in [9.17, 15) is 0 Å². The van der Waals surface area contributed by atoms with Gasteiger partial charge in [-0.1, -0.05) is 18.5 Å². The van der Waals surface area contributed by atoms with Gasteiger partial charge in [-0.2, -0.15) is 5.10 Å². The molecule has 0 radical (unpaired) electrons. The van der Waals surface area contributed by atoms with Crippen molar-refractivity contribution in [2.75, 3.05) is 0 Å². The lowest BCUT2D eigenvalue weighted by atomic mass is 10.3. The lowest BCUT2D eigenvalue weighted by molar-refractivity contribution is 0.594. The van der Waals surface area contributed by atoms with E-state index in [1.807, 2.05) is 15.4 Å². The molecule has 0 saturated heterocycles. The van der Waals surface area contributed by atoms with Gasteiger partial charge in [0.1, 0.15) is 0 Å². The van der Waals surface area contributed by atoms with E-state index in [0.717, 1.165) is 35.1 Å². The summed E-state index contributed by atoms with van der Waals surface area (Å²) in [5.41, 5.74) is 8.40. The molecular formula is C12H18ClN5. The Morgan fingerprint density at radius 3 is 2.72 bits per heavy atom. The molecule has 2 N–H and O–H groups in total. The molecule has 0 aliphatic heterocycles. The van der Waals surface area contributed by atoms with Crippen LogP contribution in [0, 0.1) is 0 Å². The van der Waals surface area contributed by atoms with E-state index < -0.39 is 0 Å². The van der Waals surface area contributed by atoms with Crippen molar-refractivity contribution < 1.29 is 0 Å². The molecule has 0 spiro atoms. The summed E-state index contributed by atoms with van der Waals surface area (Å²) in [6, 6.07) is 0. The maximum Gasteiger partial charge on any atom is 0.0953 e. The van der Waals surface area contributed by atoms with Crippen LogP contribution >= 0.6 is 11.6 Å². The number of hydrogen-bond donors (Lipinski definition) is 1. The van der Waals surface area contributed by atoms with E-state index in [-0.39, 0.29) is 0 Å². The standard InChI is InChI=1S/C12H18ClN5/c1-3-10-12(13)11(18(4-2)16-10)7-17-6-9(5-14)15-8-17/h6,8H,3-5,7,14H2,1-2H3. The van der Waals surface area contributed by atoms with Crippen molar-refractivity contribution in [3.8, 4) is 0 Å². The van der Waals surface area contributed by atoms with E-state index in [0.29, 0.717) is 13.1 Å². The van der Waals surface area contributed by atoms with Crippen molar-refractivity contribution in [2.45, 2.75) is 39.9 Å². The highest BCUT2D eigenvalue weighted by Crippen LogP contribution is 2.22. The van der Waals surface area contributed by atoms with Crippen molar-refractivity contribution in [1.82, 2.24) is 19.3 Å². The zero-order valence-electron chi connectivity index (χ0n) is 10.7. The van der Waals surface area contributed by atoms with Crippen molar-refractivity contribution >= 4 is 11.6 Å². The summed E-state index contributed by atoms with van der Waals surface area (Å²) in [7, 11) is 0. The Bertz CT molecular complexity index is 529. The Balaban J connectivity index is 2.29. The molecular weight excluding hydrogens is 250 g/mol. The van der Waals surface area contributed by atoms with Gasteiger partial charge >= 0.3 is 0 Å². The summed E-state index contributed by atoms with van der Waals surface area (Å²) >= 11 is 6.36. The van der Waals surface area contributed by atoms with Crippen LogP contribution in [0.1, 0.15) is 30.9 Å². The van der Waals surface area contributed by atoms with Crippen LogP contribution in [0.3, 0.4) is 0 Å². The number of imidazole rings is 1. The first-order valence-electron chi connectivity index (χ1n) is 6.14. The summed E-state index contributed by atoms with van der Waals surface area (Å²) in [4.78, 5) is 4.21. The molecule has 6 heteroatoms. The summed E-state index contributed by atoms with van der Waals surface area (Å²) in [5, 5.41) is 5.26. The molecule has 2 aromatic heterocycles. The molecule has 0 amide bonds. The number of hydrogen-bond acceptors (Lipinski definition) is 3. The Labute approximate surface area is 112 Å². The third kappa shape index (κ3) is 2.42. The SMILES string of the molecule is CCc1nn(CC)c(Cn2cnc(CN)c2)c1Cl. The first kappa shape index (κ1) is 13.1. The van der Waals surface area contributed by atoms with Crippen molar-refractivity contribution in [2.24, 2.45) is 5.73 Å². The third-order valence-electron chi connectivity index (χ3n) is 2.92. The number of halogens is 1. The monoisotopic (exact) mass is 267 g/mol. The molecule has 5 nitrogen and oxygen atoms in total. The van der Waals surface area contributed by atoms with Crippen LogP contribution in [0.2, 0.25) is 5.02 Å². The van der Waals surface area contributed by atoms with E-state index in [1.54, 1.807) is 6.33 Å². The van der Waals surface area contributed by atoms with Gasteiger partial charge in [0.25, 0.3) is 0 Å². The van der Waals surface area contributed by atoms with Gasteiger partial charge < -0.3 is 10.3 Å². The summed E-state index contributed by atoms with van der Waals surface area (Å²) in [5.74, 6) is 0. The molecule has 0 unspecified atom stereocenters. The van der Waals surface area contributed by atoms with Crippen molar-refractivity contribution in [3.63, 3.8) is 0 Å². The molecule has 0 aliphatic carbocycles. The zero-order chi connectivity index (χ0) is 13.1. The van der Waals surface area contributed by atoms with E-state index in [1.165, 1.54) is 0 Å². The Kier molecular flexibility index (Phi) is 4.04. The van der Waals surface area contributed by atoms with Crippen LogP contribution in [0.5, 0.6) is 0 Å². The van der Waals surface area contributed by atoms with Gasteiger partial charge in [-0.25, -0.2) is 4.98 Å². The largest absolute Gasteiger partial charge is 0.331 e. The second-order valence-corrected chi connectivity index (χ2v) is 4.50. The second kappa shape index (κ2) is 5.54. The molecule has 2 heterocycles. The van der Waals surface area contributed by atoms with Gasteiger partial charge in [-0.3, -0.25) is 4.68 Å². The molecule has 98 valence electrons. The average Bonchev–Trinajstić information content (AvgIpc) is 2.96. The minimum absolute atomic E-state index is 0.452. The number of nitrogens with zero attached hydrogens (tertiary/aromatic N) is 4. The molecule has 0 fully saturated rings. The summed E-state index contributed by atoms with van der Waals surface area (Å²) < 4.78 is 3.93. The van der Waals surface area contributed by atoms with Gasteiger partial charge in [0.05, 0.1) is 35.0 Å². The minimum atomic E-state index is 0.452. The smallest absolute Gasteiger partial charge is 0.0953 e. The van der Waals surface area contributed by atoms with Gasteiger partial charge in [0.15, 0.2) is 0 Å². The van der Waals surface area contributed by atoms with Crippen LogP contribution < -0.4 is 5.73 Å². The van der Waals surface area contributed by atoms with Crippen molar-refractivity contribution in [3.05, 3.63) is 34.6 Å². The predicted molar refractivity (Wildman–Crippen MR) is 71.5 cm³/mol. The summed E-state index contributed by atoms with van der Waals surface area (Å²) in [6.45, 7) is 6.06. The fourth-order valence-electron chi connectivity index (χ4n) is 1.94. The molecule has 0 atom stereocenters. The van der Waals surface area contributed by atoms with E-state index in [4.69, 9.17) is 17.3 Å². The van der Waals surface area contributed by atoms with E-state index in [2.05, 4.69) is 23.9 Å². The van der Waals surface area contributed by atoms with Gasteiger partial charge in [0, 0.05) is 19.3 Å². The lowest BCUT2D eigenvalue weighted by Gasteiger charge is -2.05. The van der Waals surface area contributed by atoms with Crippen LogP contribution in [-0.2, 0) is 26.1 Å². The summed E-state index contributed by atoms with van der Waals surface area (Å²) in [6.07, 6.45) is 4.56. The quantitative estimate of drug-likeness (QED) is 0.899. The number of aromatic nitrogens is 4. The van der Waals surface area contributed by atoms with Crippen LogP contribution in [-0.4, -0.2) is 19.3 Å². The topological polar surface area (TPSA) is 61.7 Å². The molecule has 0 saturated carbocycles. The van der Waals surface area contributed by atoms with Crippen LogP contribution in [0.4, 0.5) is 0 Å². The number of rotatable bonds is 5. The maximum atomic E-state index is 6.36. The molecule has 0 aromatic carbocycles. The highest BCUT2D eigenvalue weighted by atomic mass is 35.5.